The molecule has 1 aliphatic rings. The average Bonchev–Trinajstić information content (AvgIpc) is 2.19. The maximum atomic E-state index is 11.2. The second-order valence-electron chi connectivity index (χ2n) is 3.88. The summed E-state index contributed by atoms with van der Waals surface area (Å²) >= 11 is 0. The Morgan fingerprint density at radius 1 is 1.57 bits per heavy atom. The minimum absolute atomic E-state index is 0.0152. The minimum atomic E-state index is -0.0152. The van der Waals surface area contributed by atoms with Gasteiger partial charge < -0.3 is 15.4 Å². The van der Waals surface area contributed by atoms with Gasteiger partial charge in [0.25, 0.3) is 0 Å². The number of nitrogens with one attached hydrogen (secondary N) is 2. The van der Waals surface area contributed by atoms with E-state index in [2.05, 4.69) is 17.6 Å². The first-order valence-electron chi connectivity index (χ1n) is 5.23. The summed E-state index contributed by atoms with van der Waals surface area (Å²) in [5.74, 6) is 0.593. The van der Waals surface area contributed by atoms with Crippen LogP contribution in [0.15, 0.2) is 0 Å². The molecule has 82 valence electrons. The van der Waals surface area contributed by atoms with Gasteiger partial charge in [0.05, 0.1) is 0 Å². The Labute approximate surface area is 85.4 Å². The van der Waals surface area contributed by atoms with E-state index in [9.17, 15) is 4.79 Å². The van der Waals surface area contributed by atoms with Crippen molar-refractivity contribution in [3.8, 4) is 0 Å². The number of methoxy groups -OCH3 is 1. The van der Waals surface area contributed by atoms with Crippen LogP contribution in [0, 0.1) is 5.92 Å². The third-order valence-electron chi connectivity index (χ3n) is 2.76. The molecule has 1 aliphatic heterocycles. The predicted octanol–water partition coefficient (Wildman–Crippen LogP) is 0.137. The molecule has 0 aromatic heterocycles. The molecule has 0 spiro atoms. The van der Waals surface area contributed by atoms with Crippen LogP contribution in [0.2, 0.25) is 0 Å². The van der Waals surface area contributed by atoms with Crippen LogP contribution in [-0.2, 0) is 9.53 Å². The van der Waals surface area contributed by atoms with Gasteiger partial charge in [0.2, 0.25) is 5.91 Å². The second kappa shape index (κ2) is 5.98. The van der Waals surface area contributed by atoms with Gasteiger partial charge in [-0.25, -0.2) is 0 Å². The number of ether oxygens (including phenoxy) is 1. The third-order valence-corrected chi connectivity index (χ3v) is 2.76. The lowest BCUT2D eigenvalue weighted by Gasteiger charge is -2.28. The van der Waals surface area contributed by atoms with Crippen molar-refractivity contribution in [1.29, 1.82) is 0 Å². The monoisotopic (exact) mass is 200 g/mol. The molecule has 2 N–H and O–H groups in total. The van der Waals surface area contributed by atoms with E-state index >= 15 is 0 Å². The fraction of sp³-hybridized carbons (Fsp3) is 0.900. The van der Waals surface area contributed by atoms with Crippen LogP contribution in [-0.4, -0.2) is 38.8 Å². The molecule has 0 saturated carbocycles. The van der Waals surface area contributed by atoms with Crippen LogP contribution in [0.1, 0.15) is 19.8 Å². The largest absolute Gasteiger partial charge is 0.375 e. The molecule has 14 heavy (non-hydrogen) atoms. The number of rotatable bonds is 4. The highest BCUT2D eigenvalue weighted by Crippen LogP contribution is 2.15. The molecule has 4 nitrogen and oxygen atoms in total. The van der Waals surface area contributed by atoms with Crippen molar-refractivity contribution < 1.29 is 9.53 Å². The van der Waals surface area contributed by atoms with Crippen molar-refractivity contribution in [2.24, 2.45) is 5.92 Å². The summed E-state index contributed by atoms with van der Waals surface area (Å²) in [7, 11) is 1.54. The van der Waals surface area contributed by atoms with Crippen molar-refractivity contribution in [2.45, 2.75) is 25.8 Å². The molecule has 1 rings (SSSR count). The first kappa shape index (κ1) is 11.5. The van der Waals surface area contributed by atoms with Gasteiger partial charge in [0, 0.05) is 13.2 Å². The van der Waals surface area contributed by atoms with E-state index in [1.165, 1.54) is 7.11 Å². The topological polar surface area (TPSA) is 50.4 Å². The lowest BCUT2D eigenvalue weighted by atomic mass is 9.91. The van der Waals surface area contributed by atoms with Gasteiger partial charge in [-0.15, -0.1) is 0 Å². The molecule has 0 aromatic rings. The quantitative estimate of drug-likeness (QED) is 0.678. The summed E-state index contributed by atoms with van der Waals surface area (Å²) in [6, 6.07) is 0.264. The standard InChI is InChI=1S/C10H20N2O2/c1-8(12-10(13)7-14-2)9-3-5-11-6-4-9/h8-9,11H,3-7H2,1-2H3,(H,12,13). The lowest BCUT2D eigenvalue weighted by molar-refractivity contribution is -0.125. The van der Waals surface area contributed by atoms with E-state index < -0.39 is 0 Å². The van der Waals surface area contributed by atoms with Gasteiger partial charge in [-0.05, 0) is 38.8 Å². The maximum absolute atomic E-state index is 11.2. The molecular weight excluding hydrogens is 180 g/mol. The van der Waals surface area contributed by atoms with Gasteiger partial charge in [-0.3, -0.25) is 4.79 Å². The fourth-order valence-electron chi connectivity index (χ4n) is 1.89. The Bertz CT molecular complexity index is 179. The number of hydrogen-bond donors (Lipinski definition) is 2. The Morgan fingerprint density at radius 2 is 2.21 bits per heavy atom. The van der Waals surface area contributed by atoms with Gasteiger partial charge in [-0.1, -0.05) is 0 Å². The average molecular weight is 200 g/mol. The van der Waals surface area contributed by atoms with Crippen LogP contribution in [0.5, 0.6) is 0 Å². The molecule has 1 unspecified atom stereocenters. The van der Waals surface area contributed by atoms with Crippen LogP contribution in [0.3, 0.4) is 0 Å². The maximum Gasteiger partial charge on any atom is 0.246 e. The zero-order valence-corrected chi connectivity index (χ0v) is 9.01. The van der Waals surface area contributed by atoms with Crippen molar-refractivity contribution in [3.05, 3.63) is 0 Å². The van der Waals surface area contributed by atoms with Crippen molar-refractivity contribution in [2.75, 3.05) is 26.8 Å². The van der Waals surface area contributed by atoms with Gasteiger partial charge >= 0.3 is 0 Å². The zero-order chi connectivity index (χ0) is 10.4. The van der Waals surface area contributed by atoms with Crippen LogP contribution in [0.4, 0.5) is 0 Å². The molecule has 0 aromatic carbocycles. The first-order chi connectivity index (χ1) is 6.74. The number of carbonyl (C=O) groups excluding carboxylic acids is 1. The summed E-state index contributed by atoms with van der Waals surface area (Å²) in [5, 5.41) is 6.27. The molecule has 1 amide bonds. The van der Waals surface area contributed by atoms with E-state index in [0.717, 1.165) is 25.9 Å². The summed E-state index contributed by atoms with van der Waals surface area (Å²) in [6.07, 6.45) is 2.29. The van der Waals surface area contributed by atoms with Crippen LogP contribution < -0.4 is 10.6 Å². The van der Waals surface area contributed by atoms with E-state index in [1.807, 2.05) is 0 Å². The van der Waals surface area contributed by atoms with Crippen molar-refractivity contribution in [1.82, 2.24) is 10.6 Å². The van der Waals surface area contributed by atoms with Gasteiger partial charge in [0.1, 0.15) is 6.61 Å². The number of amides is 1. The Kier molecular flexibility index (Phi) is 4.90. The van der Waals surface area contributed by atoms with Gasteiger partial charge in [-0.2, -0.15) is 0 Å². The highest BCUT2D eigenvalue weighted by atomic mass is 16.5. The van der Waals surface area contributed by atoms with E-state index in [0.29, 0.717) is 5.92 Å². The first-order valence-corrected chi connectivity index (χ1v) is 5.23. The normalized spacial score (nSPS) is 20.4. The Hall–Kier alpha value is -0.610. The molecule has 0 radical (unpaired) electrons. The number of hydrogen-bond acceptors (Lipinski definition) is 3. The summed E-state index contributed by atoms with van der Waals surface area (Å²) in [5.41, 5.74) is 0. The molecule has 0 bridgehead atoms. The SMILES string of the molecule is COCC(=O)NC(C)C1CCNCC1. The van der Waals surface area contributed by atoms with E-state index in [1.54, 1.807) is 0 Å². The van der Waals surface area contributed by atoms with E-state index in [4.69, 9.17) is 4.74 Å². The number of carbonyl (C=O) groups is 1. The minimum Gasteiger partial charge on any atom is -0.375 e. The molecule has 1 heterocycles. The molecule has 4 heteroatoms. The molecule has 0 aliphatic carbocycles. The van der Waals surface area contributed by atoms with Crippen LogP contribution >= 0.6 is 0 Å². The zero-order valence-electron chi connectivity index (χ0n) is 9.01. The Balaban J connectivity index is 2.25. The summed E-state index contributed by atoms with van der Waals surface area (Å²) in [6.45, 7) is 4.36. The fourth-order valence-corrected chi connectivity index (χ4v) is 1.89. The second-order valence-corrected chi connectivity index (χ2v) is 3.88. The molecule has 1 atom stereocenters. The van der Waals surface area contributed by atoms with Crippen LogP contribution in [0.25, 0.3) is 0 Å². The summed E-state index contributed by atoms with van der Waals surface area (Å²) in [4.78, 5) is 11.2. The molecular formula is C10H20N2O2. The number of piperidine rings is 1. The Morgan fingerprint density at radius 3 is 2.79 bits per heavy atom. The highest BCUT2D eigenvalue weighted by Gasteiger charge is 2.20. The van der Waals surface area contributed by atoms with E-state index in [-0.39, 0.29) is 18.6 Å². The predicted molar refractivity (Wildman–Crippen MR) is 55.1 cm³/mol. The molecule has 1 saturated heterocycles. The third kappa shape index (κ3) is 3.64. The summed E-state index contributed by atoms with van der Waals surface area (Å²) < 4.78 is 4.77. The smallest absolute Gasteiger partial charge is 0.246 e. The lowest BCUT2D eigenvalue weighted by Crippen LogP contribution is -2.43. The van der Waals surface area contributed by atoms with Crippen molar-refractivity contribution >= 4 is 5.91 Å². The van der Waals surface area contributed by atoms with Crippen molar-refractivity contribution in [3.63, 3.8) is 0 Å². The molecule has 1 fully saturated rings. The van der Waals surface area contributed by atoms with Gasteiger partial charge in [0.15, 0.2) is 0 Å². The highest BCUT2D eigenvalue weighted by molar-refractivity contribution is 5.77.